The van der Waals surface area contributed by atoms with Gasteiger partial charge in [-0.2, -0.15) is 0 Å². The van der Waals surface area contributed by atoms with Crippen molar-refractivity contribution >= 4 is 0 Å². The highest BCUT2D eigenvalue weighted by Crippen LogP contribution is 2.47. The van der Waals surface area contributed by atoms with Crippen LogP contribution in [0.5, 0.6) is 0 Å². The highest BCUT2D eigenvalue weighted by Gasteiger charge is 2.37. The Morgan fingerprint density at radius 2 is 1.12 bits per heavy atom. The van der Waals surface area contributed by atoms with E-state index < -0.39 is 0 Å². The first-order chi connectivity index (χ1) is 12.3. The second kappa shape index (κ2) is 9.37. The molecule has 0 atom stereocenters. The van der Waals surface area contributed by atoms with Gasteiger partial charge < -0.3 is 10.6 Å². The molecule has 0 radical (unpaired) electrons. The zero-order valence-corrected chi connectivity index (χ0v) is 16.7. The van der Waals surface area contributed by atoms with Gasteiger partial charge >= 0.3 is 0 Å². The van der Waals surface area contributed by atoms with Gasteiger partial charge in [0.15, 0.2) is 0 Å². The molecule has 0 bridgehead atoms. The first-order valence-electron chi connectivity index (χ1n) is 11.2. The molecule has 2 fully saturated rings. The smallest absolute Gasteiger partial charge is 0.0323 e. The number of rotatable bonds is 8. The van der Waals surface area contributed by atoms with Crippen molar-refractivity contribution in [1.29, 1.82) is 0 Å². The number of allylic oxidation sites excluding steroid dienone is 2. The van der Waals surface area contributed by atoms with Gasteiger partial charge in [-0.3, -0.25) is 0 Å². The summed E-state index contributed by atoms with van der Waals surface area (Å²) in [4.78, 5) is 0. The molecule has 0 aromatic heterocycles. The van der Waals surface area contributed by atoms with Gasteiger partial charge in [0.25, 0.3) is 0 Å². The standard InChI is InChI=1S/C23H40N2/c1-3-24-17-23(18-25-4-2)15-21(19-11-7-5-8-12-19)22(16-23)20-13-9-6-10-14-20/h15-16,19-20,24-25H,3-14,17-18H2,1-2H3. The van der Waals surface area contributed by atoms with E-state index in [4.69, 9.17) is 0 Å². The molecule has 0 heterocycles. The van der Waals surface area contributed by atoms with Crippen LogP contribution in [-0.2, 0) is 0 Å². The first-order valence-corrected chi connectivity index (χ1v) is 11.2. The molecule has 3 aliphatic rings. The third kappa shape index (κ3) is 4.77. The van der Waals surface area contributed by atoms with Crippen LogP contribution >= 0.6 is 0 Å². The van der Waals surface area contributed by atoms with Crippen LogP contribution in [0.25, 0.3) is 0 Å². The van der Waals surface area contributed by atoms with Crippen molar-refractivity contribution < 1.29 is 0 Å². The van der Waals surface area contributed by atoms with E-state index in [1.54, 1.807) is 11.1 Å². The Labute approximate surface area is 155 Å². The first kappa shape index (κ1) is 19.2. The van der Waals surface area contributed by atoms with E-state index in [1.165, 1.54) is 64.2 Å². The molecule has 3 rings (SSSR count). The third-order valence-corrected chi connectivity index (χ3v) is 6.72. The van der Waals surface area contributed by atoms with Crippen molar-refractivity contribution in [3.8, 4) is 0 Å². The maximum Gasteiger partial charge on any atom is 0.0323 e. The van der Waals surface area contributed by atoms with Gasteiger partial charge in [-0.1, -0.05) is 64.5 Å². The topological polar surface area (TPSA) is 24.1 Å². The Balaban J connectivity index is 1.87. The van der Waals surface area contributed by atoms with Crippen LogP contribution in [-0.4, -0.2) is 26.2 Å². The molecule has 2 N–H and O–H groups in total. The van der Waals surface area contributed by atoms with Gasteiger partial charge in [0.1, 0.15) is 0 Å². The molecular weight excluding hydrogens is 304 g/mol. The predicted octanol–water partition coefficient (Wildman–Crippen LogP) is 5.22. The Morgan fingerprint density at radius 1 is 0.720 bits per heavy atom. The molecule has 2 saturated carbocycles. The molecular formula is C23H40N2. The number of hydrogen-bond donors (Lipinski definition) is 2. The maximum absolute atomic E-state index is 3.66. The Morgan fingerprint density at radius 3 is 1.48 bits per heavy atom. The van der Waals surface area contributed by atoms with E-state index in [0.29, 0.717) is 0 Å². The lowest BCUT2D eigenvalue weighted by atomic mass is 9.75. The molecule has 142 valence electrons. The van der Waals surface area contributed by atoms with Crippen molar-refractivity contribution in [3.63, 3.8) is 0 Å². The van der Waals surface area contributed by atoms with E-state index in [1.807, 2.05) is 0 Å². The highest BCUT2D eigenvalue weighted by atomic mass is 14.9. The quantitative estimate of drug-likeness (QED) is 0.631. The maximum atomic E-state index is 3.66. The zero-order valence-electron chi connectivity index (χ0n) is 16.7. The van der Waals surface area contributed by atoms with E-state index in [9.17, 15) is 0 Å². The Bertz CT molecular complexity index is 420. The lowest BCUT2D eigenvalue weighted by Gasteiger charge is -2.30. The summed E-state index contributed by atoms with van der Waals surface area (Å²) >= 11 is 0. The lowest BCUT2D eigenvalue weighted by molar-refractivity contribution is 0.376. The molecule has 3 aliphatic carbocycles. The van der Waals surface area contributed by atoms with E-state index in [2.05, 4.69) is 36.6 Å². The largest absolute Gasteiger partial charge is 0.316 e. The summed E-state index contributed by atoms with van der Waals surface area (Å²) in [7, 11) is 0. The molecule has 0 saturated heterocycles. The van der Waals surface area contributed by atoms with E-state index in [0.717, 1.165) is 38.0 Å². The summed E-state index contributed by atoms with van der Waals surface area (Å²) < 4.78 is 0. The summed E-state index contributed by atoms with van der Waals surface area (Å²) in [6, 6.07) is 0. The van der Waals surface area contributed by atoms with Gasteiger partial charge in [-0.15, -0.1) is 0 Å². The van der Waals surface area contributed by atoms with Gasteiger partial charge in [0.05, 0.1) is 0 Å². The van der Waals surface area contributed by atoms with Crippen molar-refractivity contribution in [1.82, 2.24) is 10.6 Å². The normalized spacial score (nSPS) is 25.0. The van der Waals surface area contributed by atoms with Crippen LogP contribution in [0.15, 0.2) is 23.3 Å². The summed E-state index contributed by atoms with van der Waals surface area (Å²) in [6.07, 6.45) is 19.8. The van der Waals surface area contributed by atoms with Crippen molar-refractivity contribution in [2.24, 2.45) is 17.3 Å². The average molecular weight is 345 g/mol. The molecule has 25 heavy (non-hydrogen) atoms. The summed E-state index contributed by atoms with van der Waals surface area (Å²) in [6.45, 7) is 8.76. The van der Waals surface area contributed by atoms with Crippen molar-refractivity contribution in [2.45, 2.75) is 78.1 Å². The van der Waals surface area contributed by atoms with E-state index >= 15 is 0 Å². The van der Waals surface area contributed by atoms with Crippen LogP contribution in [0, 0.1) is 17.3 Å². The second-order valence-electron chi connectivity index (χ2n) is 8.66. The lowest BCUT2D eigenvalue weighted by Crippen LogP contribution is -2.39. The van der Waals surface area contributed by atoms with Crippen LogP contribution in [0.2, 0.25) is 0 Å². The molecule has 0 spiro atoms. The van der Waals surface area contributed by atoms with Gasteiger partial charge in [0, 0.05) is 18.5 Å². The molecule has 0 amide bonds. The molecule has 0 unspecified atom stereocenters. The minimum Gasteiger partial charge on any atom is -0.316 e. The molecule has 2 nitrogen and oxygen atoms in total. The summed E-state index contributed by atoms with van der Waals surface area (Å²) in [5.74, 6) is 1.68. The molecule has 0 aliphatic heterocycles. The van der Waals surface area contributed by atoms with Crippen LogP contribution in [0.3, 0.4) is 0 Å². The van der Waals surface area contributed by atoms with Crippen molar-refractivity contribution in [3.05, 3.63) is 23.3 Å². The monoisotopic (exact) mass is 344 g/mol. The van der Waals surface area contributed by atoms with Crippen LogP contribution in [0.4, 0.5) is 0 Å². The SMILES string of the molecule is CCNCC1(CNCC)C=C(C2CCCCC2)C(C2CCCCC2)=C1. The number of nitrogens with one attached hydrogen (secondary N) is 2. The zero-order chi connectivity index (χ0) is 17.5. The Hall–Kier alpha value is -0.600. The minimum atomic E-state index is 0.200. The fourth-order valence-corrected chi connectivity index (χ4v) is 5.34. The predicted molar refractivity (Wildman–Crippen MR) is 109 cm³/mol. The van der Waals surface area contributed by atoms with Crippen LogP contribution < -0.4 is 10.6 Å². The van der Waals surface area contributed by atoms with Gasteiger partial charge in [0.2, 0.25) is 0 Å². The third-order valence-electron chi connectivity index (χ3n) is 6.72. The van der Waals surface area contributed by atoms with Crippen LogP contribution in [0.1, 0.15) is 78.1 Å². The molecule has 0 aromatic rings. The molecule has 2 heteroatoms. The molecule has 0 aromatic carbocycles. The van der Waals surface area contributed by atoms with Gasteiger partial charge in [-0.05, 0) is 61.8 Å². The Kier molecular flexibility index (Phi) is 7.18. The highest BCUT2D eigenvalue weighted by molar-refractivity contribution is 5.46. The minimum absolute atomic E-state index is 0.200. The van der Waals surface area contributed by atoms with Gasteiger partial charge in [-0.25, -0.2) is 0 Å². The second-order valence-corrected chi connectivity index (χ2v) is 8.66. The fraction of sp³-hybridized carbons (Fsp3) is 0.826. The van der Waals surface area contributed by atoms with E-state index in [-0.39, 0.29) is 5.41 Å². The number of hydrogen-bond acceptors (Lipinski definition) is 2. The van der Waals surface area contributed by atoms with Crippen molar-refractivity contribution in [2.75, 3.05) is 26.2 Å². The average Bonchev–Trinajstić information content (AvgIpc) is 3.06. The summed E-state index contributed by atoms with van der Waals surface area (Å²) in [5.41, 5.74) is 3.73. The fourth-order valence-electron chi connectivity index (χ4n) is 5.34. The summed E-state index contributed by atoms with van der Waals surface area (Å²) in [5, 5.41) is 7.32.